The maximum absolute atomic E-state index is 12.6. The number of allylic oxidation sites excluding steroid dienone is 6. The number of fused-ring (bicyclic) bond motifs is 2. The molecule has 85 heavy (non-hydrogen) atoms. The highest BCUT2D eigenvalue weighted by molar-refractivity contribution is 6.04. The third-order valence-corrected chi connectivity index (χ3v) is 17.1. The van der Waals surface area contributed by atoms with E-state index in [4.69, 9.17) is 0 Å². The number of carboxylic acids is 2. The van der Waals surface area contributed by atoms with E-state index in [2.05, 4.69) is 283 Å². The van der Waals surface area contributed by atoms with E-state index in [1.165, 1.54) is 22.3 Å². The van der Waals surface area contributed by atoms with Crippen LogP contribution >= 0.6 is 0 Å². The highest BCUT2D eigenvalue weighted by Crippen LogP contribution is 2.52. The van der Waals surface area contributed by atoms with Gasteiger partial charge in [0.25, 0.3) is 0 Å². The molecular formula is C79H67N2O4+. The van der Waals surface area contributed by atoms with Crippen LogP contribution in [0.2, 0.25) is 0 Å². The molecule has 2 aliphatic rings. The first kappa shape index (κ1) is 55.4. The third-order valence-electron chi connectivity index (χ3n) is 17.1. The van der Waals surface area contributed by atoms with E-state index < -0.39 is 22.8 Å². The Kier molecular flexibility index (Phi) is 16.4. The number of anilines is 1. The molecule has 0 fully saturated rings. The molecule has 0 aliphatic carbocycles. The van der Waals surface area contributed by atoms with Gasteiger partial charge in [0.05, 0.1) is 11.8 Å². The van der Waals surface area contributed by atoms with Crippen molar-refractivity contribution in [2.75, 3.05) is 18.0 Å². The van der Waals surface area contributed by atoms with Crippen LogP contribution in [0.5, 0.6) is 0 Å². The van der Waals surface area contributed by atoms with Gasteiger partial charge in [0.15, 0.2) is 12.3 Å². The van der Waals surface area contributed by atoms with Crippen LogP contribution in [-0.2, 0) is 46.1 Å². The van der Waals surface area contributed by atoms with Crippen molar-refractivity contribution in [1.82, 2.24) is 0 Å². The minimum absolute atomic E-state index is 0.0416. The summed E-state index contributed by atoms with van der Waals surface area (Å²) in [5, 5.41) is 20.6. The summed E-state index contributed by atoms with van der Waals surface area (Å²) in [6.45, 7) is 0.582. The highest BCUT2D eigenvalue weighted by Gasteiger charge is 2.51. The average molecular weight is 1110 g/mol. The average Bonchev–Trinajstić information content (AvgIpc) is 1.83. The van der Waals surface area contributed by atoms with E-state index in [1.807, 2.05) is 24.3 Å². The van der Waals surface area contributed by atoms with Gasteiger partial charge in [-0.05, 0) is 110 Å². The number of hydrogen-bond acceptors (Lipinski definition) is 3. The number of carbonyl (C=O) groups is 2. The van der Waals surface area contributed by atoms with Gasteiger partial charge in [-0.3, -0.25) is 9.59 Å². The van der Waals surface area contributed by atoms with Crippen LogP contribution in [0.3, 0.4) is 0 Å². The molecule has 0 saturated heterocycles. The Labute approximate surface area is 499 Å². The van der Waals surface area contributed by atoms with Crippen LogP contribution in [0.4, 0.5) is 11.4 Å². The number of carboxylic acid groups (broad SMARTS) is 2. The minimum Gasteiger partial charge on any atom is -0.481 e. The first-order chi connectivity index (χ1) is 41.7. The largest absolute Gasteiger partial charge is 0.481 e. The van der Waals surface area contributed by atoms with Crippen molar-refractivity contribution in [3.05, 3.63) is 336 Å². The molecule has 12 rings (SSSR count). The molecule has 6 nitrogen and oxygen atoms in total. The lowest BCUT2D eigenvalue weighted by atomic mass is 9.69. The van der Waals surface area contributed by atoms with E-state index in [0.717, 1.165) is 78.4 Å². The van der Waals surface area contributed by atoms with E-state index in [0.29, 0.717) is 38.8 Å². The SMILES string of the molecule is O=C(O)CCN1/C(=C/C=C/C=C/C2=[N+](CCC(=O)O)c3ccccc3C2(Cc2ccc(-c3ccccc3)cc2)Cc2ccc(-c3ccccc3)cc2)C(Cc2ccc(-c3ccccc3)cc2)(Cc2ccc(-c3ccccc3)cc2)c2ccccc21. The van der Waals surface area contributed by atoms with Crippen LogP contribution in [0.15, 0.2) is 303 Å². The first-order valence-corrected chi connectivity index (χ1v) is 29.4. The molecule has 0 radical (unpaired) electrons. The Morgan fingerprint density at radius 1 is 0.376 bits per heavy atom. The molecule has 2 aliphatic heterocycles. The molecule has 10 aromatic rings. The van der Waals surface area contributed by atoms with Crippen molar-refractivity contribution in [2.45, 2.75) is 49.4 Å². The summed E-state index contributed by atoms with van der Waals surface area (Å²) >= 11 is 0. The monoisotopic (exact) mass is 1110 g/mol. The molecule has 2 heterocycles. The van der Waals surface area contributed by atoms with Crippen LogP contribution in [0.1, 0.15) is 46.2 Å². The summed E-state index contributed by atoms with van der Waals surface area (Å²) in [5.41, 5.74) is 19.0. The van der Waals surface area contributed by atoms with Gasteiger partial charge < -0.3 is 15.1 Å². The standard InChI is InChI=1S/C79H66N2O4/c82-76(83)50-52-80-72-30-18-16-28-70(72)78(54-58-34-42-66(43-35-58)62-20-6-1-7-21-62,55-59-36-44-67(45-37-59)63-22-8-2-9-23-63)74(80)32-14-5-15-33-75-79(71-29-17-19-31-73(71)81(75)53-51-77(84)85,56-60-38-46-68(47-39-60)64-24-10-3-11-25-64)57-61-40-48-69(49-41-61)65-26-12-4-13-27-65/h1-49H,50-57H2,(H-,82,83,84,85)/p+1. The van der Waals surface area contributed by atoms with Gasteiger partial charge in [0.1, 0.15) is 6.42 Å². The zero-order chi connectivity index (χ0) is 58.0. The van der Waals surface area contributed by atoms with Crippen LogP contribution in [0, 0.1) is 0 Å². The molecule has 0 saturated carbocycles. The van der Waals surface area contributed by atoms with Crippen LogP contribution in [-0.4, -0.2) is 45.5 Å². The fourth-order valence-electron chi connectivity index (χ4n) is 13.1. The number of benzene rings is 10. The third kappa shape index (κ3) is 12.0. The molecule has 0 spiro atoms. The van der Waals surface area contributed by atoms with Crippen molar-refractivity contribution in [1.29, 1.82) is 0 Å². The van der Waals surface area contributed by atoms with Gasteiger partial charge in [-0.15, -0.1) is 0 Å². The maximum atomic E-state index is 12.6. The lowest BCUT2D eigenvalue weighted by molar-refractivity contribution is -0.436. The lowest BCUT2D eigenvalue weighted by Crippen LogP contribution is -2.39. The molecule has 0 aromatic heterocycles. The summed E-state index contributed by atoms with van der Waals surface area (Å²) in [6.07, 6.45) is 13.3. The van der Waals surface area contributed by atoms with Crippen molar-refractivity contribution in [2.24, 2.45) is 0 Å². The molecule has 0 bridgehead atoms. The highest BCUT2D eigenvalue weighted by atomic mass is 16.4. The van der Waals surface area contributed by atoms with E-state index >= 15 is 0 Å². The van der Waals surface area contributed by atoms with E-state index in [1.54, 1.807) is 0 Å². The molecule has 416 valence electrons. The topological polar surface area (TPSA) is 80.8 Å². The van der Waals surface area contributed by atoms with Crippen LogP contribution < -0.4 is 4.90 Å². The number of para-hydroxylation sites is 2. The maximum Gasteiger partial charge on any atom is 0.309 e. The second-order valence-corrected chi connectivity index (χ2v) is 22.4. The van der Waals surface area contributed by atoms with Gasteiger partial charge >= 0.3 is 11.9 Å². The molecule has 0 atom stereocenters. The van der Waals surface area contributed by atoms with Crippen LogP contribution in [0.25, 0.3) is 44.5 Å². The van der Waals surface area contributed by atoms with E-state index in [-0.39, 0.29) is 12.8 Å². The molecule has 10 aromatic carbocycles. The summed E-state index contributed by atoms with van der Waals surface area (Å²) < 4.78 is 2.24. The van der Waals surface area contributed by atoms with Crippen molar-refractivity contribution in [3.63, 3.8) is 0 Å². The van der Waals surface area contributed by atoms with Gasteiger partial charge in [-0.1, -0.05) is 273 Å². The predicted molar refractivity (Wildman–Crippen MR) is 347 cm³/mol. The number of nitrogens with zero attached hydrogens (tertiary/aromatic N) is 2. The summed E-state index contributed by atoms with van der Waals surface area (Å²) in [4.78, 5) is 27.3. The number of aliphatic carboxylic acids is 2. The second-order valence-electron chi connectivity index (χ2n) is 22.4. The molecule has 0 amide bonds. The number of hydrogen-bond donors (Lipinski definition) is 2. The van der Waals surface area contributed by atoms with Gasteiger partial charge in [0, 0.05) is 41.1 Å². The fourth-order valence-corrected chi connectivity index (χ4v) is 13.1. The Balaban J connectivity index is 0.976. The molecular weight excluding hydrogens is 1040 g/mol. The zero-order valence-electron chi connectivity index (χ0n) is 47.6. The second kappa shape index (κ2) is 25.1. The Morgan fingerprint density at radius 2 is 0.741 bits per heavy atom. The van der Waals surface area contributed by atoms with E-state index in [9.17, 15) is 19.8 Å². The smallest absolute Gasteiger partial charge is 0.309 e. The summed E-state index contributed by atoms with van der Waals surface area (Å²) in [5.74, 6) is -1.71. The predicted octanol–water partition coefficient (Wildman–Crippen LogP) is 17.4. The lowest BCUT2D eigenvalue weighted by Gasteiger charge is -2.34. The molecule has 2 N–H and O–H groups in total. The summed E-state index contributed by atoms with van der Waals surface area (Å²) in [6, 6.07) is 94.5. The molecule has 0 unspecified atom stereocenters. The summed E-state index contributed by atoms with van der Waals surface area (Å²) in [7, 11) is 0. The quantitative estimate of drug-likeness (QED) is 0.0553. The van der Waals surface area contributed by atoms with Gasteiger partial charge in [-0.25, -0.2) is 0 Å². The Morgan fingerprint density at radius 3 is 1.16 bits per heavy atom. The van der Waals surface area contributed by atoms with Gasteiger partial charge in [-0.2, -0.15) is 4.58 Å². The van der Waals surface area contributed by atoms with Crippen molar-refractivity contribution in [3.8, 4) is 44.5 Å². The van der Waals surface area contributed by atoms with Crippen molar-refractivity contribution >= 4 is 29.0 Å². The first-order valence-electron chi connectivity index (χ1n) is 29.4. The molecule has 6 heteroatoms. The minimum atomic E-state index is -0.856. The van der Waals surface area contributed by atoms with Crippen molar-refractivity contribution < 1.29 is 24.4 Å². The fraction of sp³-hybridized carbons (Fsp3) is 0.127. The van der Waals surface area contributed by atoms with Gasteiger partial charge in [0.2, 0.25) is 5.69 Å². The Hall–Kier alpha value is -10.2. The zero-order valence-corrected chi connectivity index (χ0v) is 47.6. The number of rotatable bonds is 21. The Bertz CT molecular complexity index is 3900. The normalized spacial score (nSPS) is 14.5.